The summed E-state index contributed by atoms with van der Waals surface area (Å²) >= 11 is 0. The molecule has 0 amide bonds. The maximum Gasteiger partial charge on any atom is 0.423 e. The summed E-state index contributed by atoms with van der Waals surface area (Å²) in [5.41, 5.74) is 0.123. The third kappa shape index (κ3) is 3.70. The smallest absolute Gasteiger partial charge is 0.423 e. The number of methoxy groups -OCH3 is 1. The molecule has 2 aliphatic rings. The molecule has 2 aliphatic carbocycles. The lowest BCUT2D eigenvalue weighted by molar-refractivity contribution is -0.138. The van der Waals surface area contributed by atoms with E-state index < -0.39 is 11.7 Å². The Morgan fingerprint density at radius 3 is 2.53 bits per heavy atom. The van der Waals surface area contributed by atoms with Gasteiger partial charge in [-0.15, -0.1) is 10.2 Å². The van der Waals surface area contributed by atoms with Crippen molar-refractivity contribution in [1.82, 2.24) is 14.6 Å². The van der Waals surface area contributed by atoms with Crippen molar-refractivity contribution in [2.75, 3.05) is 13.7 Å². The van der Waals surface area contributed by atoms with Crippen molar-refractivity contribution in [3.8, 4) is 11.5 Å². The first-order valence-corrected chi connectivity index (χ1v) is 10.1. The van der Waals surface area contributed by atoms with Crippen molar-refractivity contribution in [1.29, 1.82) is 0 Å². The van der Waals surface area contributed by atoms with Crippen LogP contribution in [0.3, 0.4) is 0 Å². The second kappa shape index (κ2) is 7.18. The van der Waals surface area contributed by atoms with Crippen molar-refractivity contribution >= 4 is 5.65 Å². The molecule has 2 saturated carbocycles. The van der Waals surface area contributed by atoms with E-state index in [2.05, 4.69) is 10.2 Å². The maximum atomic E-state index is 13.8. The van der Waals surface area contributed by atoms with Crippen molar-refractivity contribution < 1.29 is 22.6 Å². The number of nitrogens with zero attached hydrogens (tertiary/aromatic N) is 3. The predicted octanol–water partition coefficient (Wildman–Crippen LogP) is 4.89. The molecule has 0 radical (unpaired) electrons. The Labute approximate surface area is 171 Å². The van der Waals surface area contributed by atoms with Gasteiger partial charge in [-0.25, -0.2) is 0 Å². The predicted molar refractivity (Wildman–Crippen MR) is 104 cm³/mol. The molecule has 0 bridgehead atoms. The standard InChI is InChI=1S/C22H22F3N3O2/c1-29-16-6-4-14(5-7-16)17-11-15(17)12-30-18-8-9-28-19(10-13-2-3-13)26-27-21(28)20(18)22(23,24)25/h4-9,13,15,17H,2-3,10-12H2,1H3. The number of ether oxygens (including phenoxy) is 2. The highest BCUT2D eigenvalue weighted by Crippen LogP contribution is 2.48. The van der Waals surface area contributed by atoms with Crippen LogP contribution >= 0.6 is 0 Å². The average molecular weight is 417 g/mol. The molecular formula is C22H22F3N3O2. The third-order valence-corrected chi connectivity index (χ3v) is 5.98. The van der Waals surface area contributed by atoms with E-state index in [1.54, 1.807) is 13.3 Å². The molecule has 2 fully saturated rings. The summed E-state index contributed by atoms with van der Waals surface area (Å²) in [6.07, 6.45) is 0.765. The van der Waals surface area contributed by atoms with Crippen molar-refractivity contribution in [2.45, 2.75) is 37.8 Å². The Kier molecular flexibility index (Phi) is 4.60. The first-order valence-electron chi connectivity index (χ1n) is 10.1. The van der Waals surface area contributed by atoms with Crippen LogP contribution in [-0.2, 0) is 12.6 Å². The minimum atomic E-state index is -4.57. The fourth-order valence-electron chi connectivity index (χ4n) is 3.98. The number of hydrogen-bond donors (Lipinski definition) is 0. The Bertz CT molecular complexity index is 1060. The normalized spacial score (nSPS) is 21.1. The number of benzene rings is 1. The molecule has 0 N–H and O–H groups in total. The number of fused-ring (bicyclic) bond motifs is 1. The van der Waals surface area contributed by atoms with Crippen molar-refractivity contribution in [2.24, 2.45) is 11.8 Å². The van der Waals surface area contributed by atoms with Crippen molar-refractivity contribution in [3.05, 3.63) is 53.5 Å². The molecule has 5 nitrogen and oxygen atoms in total. The van der Waals surface area contributed by atoms with Crippen LogP contribution in [0.5, 0.6) is 11.5 Å². The van der Waals surface area contributed by atoms with Gasteiger partial charge in [0.25, 0.3) is 0 Å². The minimum Gasteiger partial charge on any atom is -0.497 e. The Morgan fingerprint density at radius 2 is 1.87 bits per heavy atom. The Balaban J connectivity index is 1.34. The highest BCUT2D eigenvalue weighted by molar-refractivity contribution is 5.56. The first-order chi connectivity index (χ1) is 14.4. The van der Waals surface area contributed by atoms with E-state index in [1.807, 2.05) is 24.3 Å². The second-order valence-electron chi connectivity index (χ2n) is 8.20. The summed E-state index contributed by atoms with van der Waals surface area (Å²) in [5.74, 6) is 2.18. The molecule has 5 rings (SSSR count). The molecule has 158 valence electrons. The third-order valence-electron chi connectivity index (χ3n) is 5.98. The maximum absolute atomic E-state index is 13.8. The first kappa shape index (κ1) is 19.2. The van der Waals surface area contributed by atoms with Gasteiger partial charge in [0.2, 0.25) is 0 Å². The lowest BCUT2D eigenvalue weighted by Crippen LogP contribution is -2.13. The van der Waals surface area contributed by atoms with Crippen LogP contribution in [0.25, 0.3) is 5.65 Å². The summed E-state index contributed by atoms with van der Waals surface area (Å²) < 4.78 is 53.8. The summed E-state index contributed by atoms with van der Waals surface area (Å²) in [7, 11) is 1.61. The number of hydrogen-bond acceptors (Lipinski definition) is 4. The highest BCUT2D eigenvalue weighted by Gasteiger charge is 2.42. The topological polar surface area (TPSA) is 48.7 Å². The van der Waals surface area contributed by atoms with E-state index >= 15 is 0 Å². The largest absolute Gasteiger partial charge is 0.497 e. The van der Waals surface area contributed by atoms with Crippen LogP contribution in [-0.4, -0.2) is 28.3 Å². The second-order valence-corrected chi connectivity index (χ2v) is 8.20. The quantitative estimate of drug-likeness (QED) is 0.549. The van der Waals surface area contributed by atoms with Gasteiger partial charge in [0.1, 0.15) is 22.9 Å². The lowest BCUT2D eigenvalue weighted by atomic mass is 10.1. The van der Waals surface area contributed by atoms with Crippen molar-refractivity contribution in [3.63, 3.8) is 0 Å². The van der Waals surface area contributed by atoms with Crippen LogP contribution in [0, 0.1) is 11.8 Å². The molecule has 2 heterocycles. The SMILES string of the molecule is COc1ccc(C2CC2COc2ccn3c(CC4CC4)nnc3c2C(F)(F)F)cc1. The van der Waals surface area contributed by atoms with E-state index in [-0.39, 0.29) is 23.9 Å². The number of aromatic nitrogens is 3. The fraction of sp³-hybridized carbons (Fsp3) is 0.455. The molecular weight excluding hydrogens is 395 g/mol. The molecule has 1 aromatic carbocycles. The number of alkyl halides is 3. The van der Waals surface area contributed by atoms with Crippen LogP contribution in [0.1, 0.15) is 42.1 Å². The number of rotatable bonds is 7. The summed E-state index contributed by atoms with van der Waals surface area (Å²) in [6.45, 7) is 0.235. The summed E-state index contributed by atoms with van der Waals surface area (Å²) in [6, 6.07) is 9.17. The Hall–Kier alpha value is -2.77. The van der Waals surface area contributed by atoms with E-state index in [0.29, 0.717) is 24.1 Å². The van der Waals surface area contributed by atoms with Crippen LogP contribution in [0.4, 0.5) is 13.2 Å². The summed E-state index contributed by atoms with van der Waals surface area (Å²) in [4.78, 5) is 0. The molecule has 8 heteroatoms. The van der Waals surface area contributed by atoms with Crippen LogP contribution in [0.2, 0.25) is 0 Å². The van der Waals surface area contributed by atoms with Crippen LogP contribution in [0.15, 0.2) is 36.5 Å². The molecule has 0 spiro atoms. The Morgan fingerprint density at radius 1 is 1.10 bits per heavy atom. The zero-order valence-corrected chi connectivity index (χ0v) is 16.5. The van der Waals surface area contributed by atoms with E-state index in [0.717, 1.165) is 30.6 Å². The number of halogens is 3. The van der Waals surface area contributed by atoms with Gasteiger partial charge in [-0.05, 0) is 54.9 Å². The molecule has 0 aliphatic heterocycles. The van der Waals surface area contributed by atoms with Gasteiger partial charge < -0.3 is 9.47 Å². The molecule has 2 aromatic heterocycles. The molecule has 30 heavy (non-hydrogen) atoms. The lowest BCUT2D eigenvalue weighted by Gasteiger charge is -2.15. The summed E-state index contributed by atoms with van der Waals surface area (Å²) in [5, 5.41) is 7.86. The van der Waals surface area contributed by atoms with Gasteiger partial charge in [-0.1, -0.05) is 12.1 Å². The van der Waals surface area contributed by atoms with Gasteiger partial charge in [0, 0.05) is 18.5 Å². The minimum absolute atomic E-state index is 0.180. The fourth-order valence-corrected chi connectivity index (χ4v) is 3.98. The molecule has 0 saturated heterocycles. The van der Waals surface area contributed by atoms with Gasteiger partial charge >= 0.3 is 6.18 Å². The zero-order chi connectivity index (χ0) is 20.9. The molecule has 3 aromatic rings. The highest BCUT2D eigenvalue weighted by atomic mass is 19.4. The molecule has 2 atom stereocenters. The van der Waals surface area contributed by atoms with Gasteiger partial charge in [0.05, 0.1) is 13.7 Å². The number of pyridine rings is 1. The molecule has 2 unspecified atom stereocenters. The van der Waals surface area contributed by atoms with E-state index in [9.17, 15) is 13.2 Å². The van der Waals surface area contributed by atoms with Gasteiger partial charge in [-0.3, -0.25) is 4.40 Å². The zero-order valence-electron chi connectivity index (χ0n) is 16.5. The monoisotopic (exact) mass is 417 g/mol. The van der Waals surface area contributed by atoms with Gasteiger partial charge in [0.15, 0.2) is 5.65 Å². The van der Waals surface area contributed by atoms with Crippen LogP contribution < -0.4 is 9.47 Å². The van der Waals surface area contributed by atoms with E-state index in [4.69, 9.17) is 9.47 Å². The average Bonchev–Trinajstić information content (AvgIpc) is 3.64. The van der Waals surface area contributed by atoms with E-state index in [1.165, 1.54) is 10.5 Å². The van der Waals surface area contributed by atoms with Gasteiger partial charge in [-0.2, -0.15) is 13.2 Å².